The molecule has 0 saturated heterocycles. The second-order valence-electron chi connectivity index (χ2n) is 3.26. The summed E-state index contributed by atoms with van der Waals surface area (Å²) in [5.41, 5.74) is 6.20. The number of nitrogens with zero attached hydrogens (tertiary/aromatic N) is 1. The Labute approximate surface area is 88.5 Å². The number of hydrogen-bond acceptors (Lipinski definition) is 2. The van der Waals surface area contributed by atoms with Gasteiger partial charge in [0.25, 0.3) is 0 Å². The molecule has 2 nitrogen and oxygen atoms in total. The second kappa shape index (κ2) is 5.29. The molecule has 1 rings (SSSR count). The molecule has 78 valence electrons. The smallest absolute Gasteiger partial charge is 0.123 e. The first-order valence-corrected chi connectivity index (χ1v) is 4.84. The Bertz CT molecular complexity index is 304. The van der Waals surface area contributed by atoms with E-state index in [0.29, 0.717) is 18.1 Å². The van der Waals surface area contributed by atoms with Crippen molar-refractivity contribution in [2.24, 2.45) is 5.73 Å². The van der Waals surface area contributed by atoms with E-state index in [9.17, 15) is 4.39 Å². The zero-order valence-corrected chi connectivity index (χ0v) is 8.89. The van der Waals surface area contributed by atoms with E-state index < -0.39 is 0 Å². The van der Waals surface area contributed by atoms with Crippen molar-refractivity contribution in [2.75, 3.05) is 20.1 Å². The summed E-state index contributed by atoms with van der Waals surface area (Å²) in [5.74, 6) is -0.259. The minimum absolute atomic E-state index is 0.259. The van der Waals surface area contributed by atoms with E-state index in [0.717, 1.165) is 12.1 Å². The van der Waals surface area contributed by atoms with Gasteiger partial charge < -0.3 is 10.6 Å². The van der Waals surface area contributed by atoms with Crippen LogP contribution in [0.4, 0.5) is 4.39 Å². The van der Waals surface area contributed by atoms with Crippen molar-refractivity contribution in [3.05, 3.63) is 34.6 Å². The number of benzene rings is 1. The Balaban J connectivity index is 2.70. The van der Waals surface area contributed by atoms with Crippen LogP contribution in [0.15, 0.2) is 18.2 Å². The van der Waals surface area contributed by atoms with Crippen LogP contribution in [0.1, 0.15) is 5.56 Å². The SMILES string of the molecule is CN(CCN)Cc1cc(F)ccc1Cl. The average Bonchev–Trinajstić information content (AvgIpc) is 2.12. The summed E-state index contributed by atoms with van der Waals surface area (Å²) in [7, 11) is 1.92. The summed E-state index contributed by atoms with van der Waals surface area (Å²) in [6, 6.07) is 4.38. The highest BCUT2D eigenvalue weighted by Gasteiger charge is 2.04. The van der Waals surface area contributed by atoms with Gasteiger partial charge in [0.15, 0.2) is 0 Å². The normalized spacial score (nSPS) is 10.9. The van der Waals surface area contributed by atoms with Gasteiger partial charge in [-0.05, 0) is 30.8 Å². The van der Waals surface area contributed by atoms with Crippen molar-refractivity contribution < 1.29 is 4.39 Å². The number of rotatable bonds is 4. The lowest BCUT2D eigenvalue weighted by atomic mass is 10.2. The van der Waals surface area contributed by atoms with E-state index in [4.69, 9.17) is 17.3 Å². The van der Waals surface area contributed by atoms with E-state index in [1.807, 2.05) is 11.9 Å². The molecule has 1 aromatic rings. The molecule has 14 heavy (non-hydrogen) atoms. The molecule has 0 spiro atoms. The zero-order valence-electron chi connectivity index (χ0n) is 8.13. The van der Waals surface area contributed by atoms with Gasteiger partial charge in [0.2, 0.25) is 0 Å². The Kier molecular flexibility index (Phi) is 4.32. The Hall–Kier alpha value is -0.640. The van der Waals surface area contributed by atoms with Crippen molar-refractivity contribution >= 4 is 11.6 Å². The van der Waals surface area contributed by atoms with Crippen molar-refractivity contribution in [2.45, 2.75) is 6.54 Å². The maximum atomic E-state index is 12.9. The van der Waals surface area contributed by atoms with Gasteiger partial charge in [-0.25, -0.2) is 4.39 Å². The standard InChI is InChI=1S/C10H14ClFN2/c1-14(5-4-13)7-8-6-9(12)2-3-10(8)11/h2-3,6H,4-5,7,13H2,1H3. The summed E-state index contributed by atoms with van der Waals surface area (Å²) in [4.78, 5) is 2.00. The van der Waals surface area contributed by atoms with E-state index >= 15 is 0 Å². The highest BCUT2D eigenvalue weighted by atomic mass is 35.5. The molecule has 0 heterocycles. The molecule has 4 heteroatoms. The molecule has 2 N–H and O–H groups in total. The molecule has 0 unspecified atom stereocenters. The first-order chi connectivity index (χ1) is 6.63. The monoisotopic (exact) mass is 216 g/mol. The molecule has 0 aromatic heterocycles. The fourth-order valence-electron chi connectivity index (χ4n) is 1.25. The van der Waals surface area contributed by atoms with E-state index in [-0.39, 0.29) is 5.82 Å². The molecule has 0 atom stereocenters. The fourth-order valence-corrected chi connectivity index (χ4v) is 1.43. The molecule has 0 bridgehead atoms. The van der Waals surface area contributed by atoms with Gasteiger partial charge in [0, 0.05) is 24.7 Å². The second-order valence-corrected chi connectivity index (χ2v) is 3.67. The van der Waals surface area contributed by atoms with Crippen molar-refractivity contribution in [3.63, 3.8) is 0 Å². The fraction of sp³-hybridized carbons (Fsp3) is 0.400. The topological polar surface area (TPSA) is 29.3 Å². The summed E-state index contributed by atoms with van der Waals surface area (Å²) in [5, 5.41) is 0.593. The largest absolute Gasteiger partial charge is 0.329 e. The predicted molar refractivity (Wildman–Crippen MR) is 56.8 cm³/mol. The van der Waals surface area contributed by atoms with Gasteiger partial charge in [0.05, 0.1) is 0 Å². The molecule has 0 fully saturated rings. The van der Waals surface area contributed by atoms with Crippen LogP contribution in [-0.2, 0) is 6.54 Å². The van der Waals surface area contributed by atoms with Crippen LogP contribution in [0.2, 0.25) is 5.02 Å². The molecular formula is C10H14ClFN2. The third kappa shape index (κ3) is 3.25. The van der Waals surface area contributed by atoms with Gasteiger partial charge >= 0.3 is 0 Å². The molecular weight excluding hydrogens is 203 g/mol. The van der Waals surface area contributed by atoms with Crippen LogP contribution in [0.5, 0.6) is 0 Å². The Morgan fingerprint density at radius 2 is 2.21 bits per heavy atom. The first-order valence-electron chi connectivity index (χ1n) is 4.46. The number of nitrogens with two attached hydrogens (primary N) is 1. The van der Waals surface area contributed by atoms with Crippen molar-refractivity contribution in [3.8, 4) is 0 Å². The lowest BCUT2D eigenvalue weighted by Gasteiger charge is -2.16. The van der Waals surface area contributed by atoms with E-state index in [2.05, 4.69) is 0 Å². The third-order valence-corrected chi connectivity index (χ3v) is 2.33. The van der Waals surface area contributed by atoms with E-state index in [1.54, 1.807) is 6.07 Å². The average molecular weight is 217 g/mol. The quantitative estimate of drug-likeness (QED) is 0.833. The third-order valence-electron chi connectivity index (χ3n) is 1.96. The van der Waals surface area contributed by atoms with Crippen LogP contribution in [0.3, 0.4) is 0 Å². The maximum Gasteiger partial charge on any atom is 0.123 e. The van der Waals surface area contributed by atoms with Gasteiger partial charge in [0.1, 0.15) is 5.82 Å². The minimum Gasteiger partial charge on any atom is -0.329 e. The molecule has 0 aliphatic rings. The number of hydrogen-bond donors (Lipinski definition) is 1. The van der Waals surface area contributed by atoms with Gasteiger partial charge in [-0.3, -0.25) is 0 Å². The lowest BCUT2D eigenvalue weighted by molar-refractivity contribution is 0.336. The molecule has 0 aliphatic heterocycles. The summed E-state index contributed by atoms with van der Waals surface area (Å²) >= 11 is 5.92. The van der Waals surface area contributed by atoms with Crippen LogP contribution < -0.4 is 5.73 Å². The zero-order chi connectivity index (χ0) is 10.6. The number of likely N-dealkylation sites (N-methyl/N-ethyl adjacent to an activating group) is 1. The molecule has 0 aliphatic carbocycles. The summed E-state index contributed by atoms with van der Waals surface area (Å²) in [6.07, 6.45) is 0. The Morgan fingerprint density at radius 1 is 1.50 bits per heavy atom. The van der Waals surface area contributed by atoms with Crippen LogP contribution in [0.25, 0.3) is 0 Å². The minimum atomic E-state index is -0.259. The Morgan fingerprint density at radius 3 is 2.86 bits per heavy atom. The molecule has 0 radical (unpaired) electrons. The highest BCUT2D eigenvalue weighted by molar-refractivity contribution is 6.31. The van der Waals surface area contributed by atoms with Gasteiger partial charge in [-0.2, -0.15) is 0 Å². The van der Waals surface area contributed by atoms with Gasteiger partial charge in [-0.15, -0.1) is 0 Å². The van der Waals surface area contributed by atoms with Crippen molar-refractivity contribution in [1.82, 2.24) is 4.90 Å². The van der Waals surface area contributed by atoms with E-state index in [1.165, 1.54) is 12.1 Å². The lowest BCUT2D eigenvalue weighted by Crippen LogP contribution is -2.25. The highest BCUT2D eigenvalue weighted by Crippen LogP contribution is 2.18. The molecule has 0 amide bonds. The predicted octanol–water partition coefficient (Wildman–Crippen LogP) is 1.87. The van der Waals surface area contributed by atoms with Crippen LogP contribution in [-0.4, -0.2) is 25.0 Å². The summed E-state index contributed by atoms with van der Waals surface area (Å²) in [6.45, 7) is 1.98. The van der Waals surface area contributed by atoms with Crippen LogP contribution >= 0.6 is 11.6 Å². The van der Waals surface area contributed by atoms with Gasteiger partial charge in [-0.1, -0.05) is 11.6 Å². The maximum absolute atomic E-state index is 12.9. The number of halogens is 2. The summed E-state index contributed by atoms with van der Waals surface area (Å²) < 4.78 is 12.9. The molecule has 0 saturated carbocycles. The first kappa shape index (κ1) is 11.4. The van der Waals surface area contributed by atoms with Crippen molar-refractivity contribution in [1.29, 1.82) is 0 Å². The molecule has 1 aromatic carbocycles. The van der Waals surface area contributed by atoms with Crippen LogP contribution in [0, 0.1) is 5.82 Å².